The van der Waals surface area contributed by atoms with Crippen LogP contribution in [0.1, 0.15) is 5.69 Å². The van der Waals surface area contributed by atoms with Gasteiger partial charge in [-0.15, -0.1) is 0 Å². The monoisotopic (exact) mass is 394 g/mol. The van der Waals surface area contributed by atoms with Crippen molar-refractivity contribution < 1.29 is 9.13 Å². The van der Waals surface area contributed by atoms with Crippen molar-refractivity contribution in [2.24, 2.45) is 0 Å². The summed E-state index contributed by atoms with van der Waals surface area (Å²) in [5.74, 6) is -0.226. The molecule has 0 amide bonds. The van der Waals surface area contributed by atoms with E-state index in [-0.39, 0.29) is 23.0 Å². The normalized spacial score (nSPS) is 10.7. The summed E-state index contributed by atoms with van der Waals surface area (Å²) in [4.78, 5) is 18.6. The van der Waals surface area contributed by atoms with Gasteiger partial charge in [-0.25, -0.2) is 9.37 Å². The fourth-order valence-corrected chi connectivity index (χ4v) is 2.20. The molecule has 0 aliphatic carbocycles. The van der Waals surface area contributed by atoms with Gasteiger partial charge in [0, 0.05) is 17.7 Å². The standard InChI is InChI=1S/C12H9ClFIN2O2/c1-19-5-9-10(15)12(18)17-11(16-9)6-2-7(13)4-8(14)3-6/h2-4H,5H2,1H3,(H,16,17,18). The van der Waals surface area contributed by atoms with Crippen LogP contribution in [0.4, 0.5) is 4.39 Å². The first kappa shape index (κ1) is 14.4. The van der Waals surface area contributed by atoms with Gasteiger partial charge in [0.2, 0.25) is 0 Å². The zero-order valence-electron chi connectivity index (χ0n) is 9.84. The number of hydrogen-bond acceptors (Lipinski definition) is 3. The summed E-state index contributed by atoms with van der Waals surface area (Å²) in [6.07, 6.45) is 0. The van der Waals surface area contributed by atoms with E-state index in [9.17, 15) is 9.18 Å². The fourth-order valence-electron chi connectivity index (χ4n) is 1.57. The zero-order chi connectivity index (χ0) is 14.0. The molecule has 4 nitrogen and oxygen atoms in total. The second-order valence-corrected chi connectivity index (χ2v) is 5.28. The number of rotatable bonds is 3. The first-order valence-electron chi connectivity index (χ1n) is 5.25. The molecular formula is C12H9ClFIN2O2. The number of aromatic nitrogens is 2. The summed E-state index contributed by atoms with van der Waals surface area (Å²) < 4.78 is 18.7. The molecule has 0 bridgehead atoms. The van der Waals surface area contributed by atoms with Gasteiger partial charge in [0.05, 0.1) is 12.3 Å². The van der Waals surface area contributed by atoms with Gasteiger partial charge < -0.3 is 9.72 Å². The van der Waals surface area contributed by atoms with Gasteiger partial charge in [-0.2, -0.15) is 0 Å². The molecule has 0 saturated heterocycles. The van der Waals surface area contributed by atoms with Gasteiger partial charge in [-0.05, 0) is 40.8 Å². The van der Waals surface area contributed by atoms with Crippen LogP contribution >= 0.6 is 34.2 Å². The highest BCUT2D eigenvalue weighted by molar-refractivity contribution is 14.1. The Labute approximate surface area is 127 Å². The van der Waals surface area contributed by atoms with Crippen LogP contribution < -0.4 is 5.56 Å². The molecule has 0 fully saturated rings. The average molecular weight is 395 g/mol. The molecule has 0 aliphatic heterocycles. The smallest absolute Gasteiger partial charge is 0.264 e. The van der Waals surface area contributed by atoms with Crippen molar-refractivity contribution in [2.75, 3.05) is 7.11 Å². The van der Waals surface area contributed by atoms with Crippen molar-refractivity contribution in [2.45, 2.75) is 6.61 Å². The summed E-state index contributed by atoms with van der Waals surface area (Å²) in [5, 5.41) is 0.240. The van der Waals surface area contributed by atoms with E-state index in [0.29, 0.717) is 14.8 Å². The number of H-pyrrole nitrogens is 1. The number of methoxy groups -OCH3 is 1. The van der Waals surface area contributed by atoms with E-state index < -0.39 is 5.82 Å². The Balaban J connectivity index is 2.59. The van der Waals surface area contributed by atoms with E-state index in [4.69, 9.17) is 16.3 Å². The van der Waals surface area contributed by atoms with Gasteiger partial charge in [0.15, 0.2) is 0 Å². The maximum atomic E-state index is 13.3. The van der Waals surface area contributed by atoms with Crippen LogP contribution in [-0.2, 0) is 11.3 Å². The average Bonchev–Trinajstić information content (AvgIpc) is 2.33. The lowest BCUT2D eigenvalue weighted by atomic mass is 10.2. The Morgan fingerprint density at radius 2 is 2.21 bits per heavy atom. The SMILES string of the molecule is COCc1nc(-c2cc(F)cc(Cl)c2)[nH]c(=O)c1I. The van der Waals surface area contributed by atoms with Crippen LogP contribution in [0.5, 0.6) is 0 Å². The predicted octanol–water partition coefficient (Wildman–Crippen LogP) is 2.98. The minimum Gasteiger partial charge on any atom is -0.378 e. The predicted molar refractivity (Wildman–Crippen MR) is 78.7 cm³/mol. The topological polar surface area (TPSA) is 55.0 Å². The molecule has 1 aromatic carbocycles. The molecule has 0 spiro atoms. The number of ether oxygens (including phenoxy) is 1. The Bertz CT molecular complexity index is 655. The van der Waals surface area contributed by atoms with Crippen molar-refractivity contribution in [1.82, 2.24) is 9.97 Å². The Hall–Kier alpha value is -0.990. The molecule has 0 unspecified atom stereocenters. The van der Waals surface area contributed by atoms with Gasteiger partial charge in [0.1, 0.15) is 15.2 Å². The molecule has 2 rings (SSSR count). The number of hydrogen-bond donors (Lipinski definition) is 1. The van der Waals surface area contributed by atoms with Gasteiger partial charge in [-0.3, -0.25) is 4.79 Å². The van der Waals surface area contributed by atoms with Crippen molar-refractivity contribution >= 4 is 34.2 Å². The molecular weight excluding hydrogens is 385 g/mol. The van der Waals surface area contributed by atoms with E-state index in [1.165, 1.54) is 25.3 Å². The summed E-state index contributed by atoms with van der Waals surface area (Å²) in [5.41, 5.74) is 0.621. The summed E-state index contributed by atoms with van der Waals surface area (Å²) in [7, 11) is 1.51. The Morgan fingerprint density at radius 3 is 2.84 bits per heavy atom. The van der Waals surface area contributed by atoms with E-state index >= 15 is 0 Å². The minimum absolute atomic E-state index is 0.207. The lowest BCUT2D eigenvalue weighted by molar-refractivity contribution is 0.180. The van der Waals surface area contributed by atoms with Crippen molar-refractivity contribution in [1.29, 1.82) is 0 Å². The molecule has 19 heavy (non-hydrogen) atoms. The molecule has 1 N–H and O–H groups in total. The molecule has 100 valence electrons. The van der Waals surface area contributed by atoms with Crippen molar-refractivity contribution in [3.63, 3.8) is 0 Å². The van der Waals surface area contributed by atoms with E-state index in [1.54, 1.807) is 0 Å². The van der Waals surface area contributed by atoms with Crippen LogP contribution in [0.25, 0.3) is 11.4 Å². The molecule has 2 aromatic rings. The van der Waals surface area contributed by atoms with E-state index in [0.717, 1.165) is 0 Å². The number of halogens is 3. The Kier molecular flexibility index (Phi) is 4.54. The quantitative estimate of drug-likeness (QED) is 0.815. The second kappa shape index (κ2) is 5.98. The number of benzene rings is 1. The van der Waals surface area contributed by atoms with E-state index in [1.807, 2.05) is 22.6 Å². The lowest BCUT2D eigenvalue weighted by Gasteiger charge is -2.06. The van der Waals surface area contributed by atoms with Gasteiger partial charge in [0.25, 0.3) is 5.56 Å². The fraction of sp³-hybridized carbons (Fsp3) is 0.167. The minimum atomic E-state index is -0.489. The second-order valence-electron chi connectivity index (χ2n) is 3.77. The summed E-state index contributed by atoms with van der Waals surface area (Å²) in [6.45, 7) is 0.207. The van der Waals surface area contributed by atoms with Crippen molar-refractivity contribution in [3.8, 4) is 11.4 Å². The number of nitrogens with one attached hydrogen (secondary N) is 1. The molecule has 0 aliphatic rings. The summed E-state index contributed by atoms with van der Waals surface area (Å²) in [6, 6.07) is 3.98. The zero-order valence-corrected chi connectivity index (χ0v) is 12.8. The van der Waals surface area contributed by atoms with Crippen LogP contribution in [0, 0.1) is 9.39 Å². The molecule has 1 heterocycles. The molecule has 0 saturated carbocycles. The first-order chi connectivity index (χ1) is 9.01. The highest BCUT2D eigenvalue weighted by atomic mass is 127. The van der Waals surface area contributed by atoms with Crippen LogP contribution in [-0.4, -0.2) is 17.1 Å². The Morgan fingerprint density at radius 1 is 1.47 bits per heavy atom. The number of aromatic amines is 1. The van der Waals surface area contributed by atoms with Gasteiger partial charge >= 0.3 is 0 Å². The van der Waals surface area contributed by atoms with Crippen LogP contribution in [0.2, 0.25) is 5.02 Å². The van der Waals surface area contributed by atoms with Crippen molar-refractivity contribution in [3.05, 3.63) is 48.7 Å². The summed E-state index contributed by atoms with van der Waals surface area (Å²) >= 11 is 7.68. The van der Waals surface area contributed by atoms with E-state index in [2.05, 4.69) is 9.97 Å². The highest BCUT2D eigenvalue weighted by Gasteiger charge is 2.11. The molecule has 7 heteroatoms. The van der Waals surface area contributed by atoms with Crippen LogP contribution in [0.15, 0.2) is 23.0 Å². The lowest BCUT2D eigenvalue weighted by Crippen LogP contribution is -2.16. The third-order valence-electron chi connectivity index (χ3n) is 2.35. The first-order valence-corrected chi connectivity index (χ1v) is 6.71. The third-order valence-corrected chi connectivity index (χ3v) is 3.68. The molecule has 1 aromatic heterocycles. The molecule has 0 atom stereocenters. The number of nitrogens with zero attached hydrogens (tertiary/aromatic N) is 1. The third kappa shape index (κ3) is 3.31. The highest BCUT2D eigenvalue weighted by Crippen LogP contribution is 2.21. The van der Waals surface area contributed by atoms with Crippen LogP contribution in [0.3, 0.4) is 0 Å². The largest absolute Gasteiger partial charge is 0.378 e. The maximum Gasteiger partial charge on any atom is 0.264 e. The molecule has 0 radical (unpaired) electrons. The maximum absolute atomic E-state index is 13.3. The van der Waals surface area contributed by atoms with Gasteiger partial charge in [-0.1, -0.05) is 11.6 Å².